The molecule has 25 heavy (non-hydrogen) atoms. The zero-order valence-electron chi connectivity index (χ0n) is 13.2. The highest BCUT2D eigenvalue weighted by Gasteiger charge is 2.29. The number of hydrogen-bond acceptors (Lipinski definition) is 3. The van der Waals surface area contributed by atoms with E-state index in [0.29, 0.717) is 5.69 Å². The van der Waals surface area contributed by atoms with Gasteiger partial charge in [-0.2, -0.15) is 0 Å². The molecule has 0 radical (unpaired) electrons. The molecule has 0 aromatic heterocycles. The lowest BCUT2D eigenvalue weighted by atomic mass is 10.0. The molecule has 0 spiro atoms. The van der Waals surface area contributed by atoms with Crippen molar-refractivity contribution in [1.82, 2.24) is 5.32 Å². The van der Waals surface area contributed by atoms with E-state index in [1.165, 1.54) is 0 Å². The molecule has 1 heterocycles. The summed E-state index contributed by atoms with van der Waals surface area (Å²) in [6.45, 7) is 0. The molecule has 2 N–H and O–H groups in total. The van der Waals surface area contributed by atoms with E-state index in [4.69, 9.17) is 0 Å². The number of amides is 3. The summed E-state index contributed by atoms with van der Waals surface area (Å²) in [5.74, 6) is -1.16. The summed E-state index contributed by atoms with van der Waals surface area (Å²) in [7, 11) is 0. The lowest BCUT2D eigenvalue weighted by molar-refractivity contribution is -0.115. The molecule has 0 unspecified atom stereocenters. The van der Waals surface area contributed by atoms with Crippen molar-refractivity contribution in [2.45, 2.75) is 6.42 Å². The van der Waals surface area contributed by atoms with Gasteiger partial charge in [0.2, 0.25) is 5.91 Å². The molecular weight excluding hydrogens is 316 g/mol. The van der Waals surface area contributed by atoms with Crippen molar-refractivity contribution in [3.63, 3.8) is 0 Å². The van der Waals surface area contributed by atoms with Crippen LogP contribution in [0.1, 0.15) is 26.3 Å². The molecule has 0 bridgehead atoms. The van der Waals surface area contributed by atoms with Crippen LogP contribution in [0.15, 0.2) is 60.7 Å². The van der Waals surface area contributed by atoms with Gasteiger partial charge in [-0.05, 0) is 28.5 Å². The Labute approximate surface area is 143 Å². The number of benzene rings is 3. The molecule has 0 atom stereocenters. The van der Waals surface area contributed by atoms with Crippen LogP contribution >= 0.6 is 0 Å². The molecule has 5 heteroatoms. The Morgan fingerprint density at radius 2 is 1.68 bits per heavy atom. The van der Waals surface area contributed by atoms with Crippen molar-refractivity contribution in [2.75, 3.05) is 5.32 Å². The highest BCUT2D eigenvalue weighted by atomic mass is 16.2. The predicted octanol–water partition coefficient (Wildman–Crippen LogP) is 2.90. The van der Waals surface area contributed by atoms with Crippen molar-refractivity contribution in [3.8, 4) is 0 Å². The van der Waals surface area contributed by atoms with Crippen LogP contribution in [-0.4, -0.2) is 17.7 Å². The van der Waals surface area contributed by atoms with E-state index in [-0.39, 0.29) is 23.5 Å². The molecule has 0 saturated carbocycles. The van der Waals surface area contributed by atoms with Gasteiger partial charge in [-0.15, -0.1) is 0 Å². The van der Waals surface area contributed by atoms with Crippen molar-refractivity contribution in [2.24, 2.45) is 0 Å². The average Bonchev–Trinajstić information content (AvgIpc) is 2.90. The van der Waals surface area contributed by atoms with Crippen LogP contribution in [-0.2, 0) is 11.2 Å². The van der Waals surface area contributed by atoms with Gasteiger partial charge >= 0.3 is 0 Å². The van der Waals surface area contributed by atoms with E-state index in [0.717, 1.165) is 16.3 Å². The quantitative estimate of drug-likeness (QED) is 0.725. The summed E-state index contributed by atoms with van der Waals surface area (Å²) in [6.07, 6.45) is 0.185. The molecule has 1 aliphatic heterocycles. The maximum Gasteiger partial charge on any atom is 0.261 e. The van der Waals surface area contributed by atoms with Gasteiger partial charge in [0.15, 0.2) is 0 Å². The SMILES string of the molecule is O=C(Cc1ccc2ccccc2c1)Nc1cccc2c1C(=O)NC2=O. The number of nitrogens with one attached hydrogen (secondary N) is 2. The van der Waals surface area contributed by atoms with Gasteiger partial charge in [0, 0.05) is 0 Å². The minimum Gasteiger partial charge on any atom is -0.325 e. The van der Waals surface area contributed by atoms with Crippen molar-refractivity contribution >= 4 is 34.2 Å². The van der Waals surface area contributed by atoms with Crippen LogP contribution in [0.4, 0.5) is 5.69 Å². The first-order valence-electron chi connectivity index (χ1n) is 7.88. The molecule has 3 amide bonds. The average molecular weight is 330 g/mol. The molecule has 122 valence electrons. The number of anilines is 1. The largest absolute Gasteiger partial charge is 0.325 e. The van der Waals surface area contributed by atoms with Gasteiger partial charge in [0.05, 0.1) is 23.2 Å². The first kappa shape index (κ1) is 15.1. The molecule has 0 fully saturated rings. The van der Waals surface area contributed by atoms with E-state index >= 15 is 0 Å². The second-order valence-electron chi connectivity index (χ2n) is 5.92. The van der Waals surface area contributed by atoms with Gasteiger partial charge in [0.25, 0.3) is 11.8 Å². The standard InChI is InChI=1S/C20H14N2O3/c23-17(11-12-8-9-13-4-1-2-5-14(13)10-12)21-16-7-3-6-15-18(16)20(25)22-19(15)24/h1-10H,11H2,(H,21,23)(H,22,24,25). The molecular formula is C20H14N2O3. The lowest BCUT2D eigenvalue weighted by Crippen LogP contribution is -2.21. The van der Waals surface area contributed by atoms with Gasteiger partial charge in [-0.1, -0.05) is 48.5 Å². The van der Waals surface area contributed by atoms with Crippen molar-refractivity contribution < 1.29 is 14.4 Å². The second-order valence-corrected chi connectivity index (χ2v) is 5.92. The maximum atomic E-state index is 12.4. The van der Waals surface area contributed by atoms with Crippen molar-refractivity contribution in [1.29, 1.82) is 0 Å². The lowest BCUT2D eigenvalue weighted by Gasteiger charge is -2.09. The van der Waals surface area contributed by atoms with Gasteiger partial charge in [0.1, 0.15) is 0 Å². The Kier molecular flexibility index (Phi) is 3.54. The minimum absolute atomic E-state index is 0.185. The zero-order chi connectivity index (χ0) is 17.4. The van der Waals surface area contributed by atoms with Gasteiger partial charge < -0.3 is 5.32 Å². The zero-order valence-corrected chi connectivity index (χ0v) is 13.2. The summed E-state index contributed by atoms with van der Waals surface area (Å²) in [5, 5.41) is 7.16. The van der Waals surface area contributed by atoms with E-state index in [1.54, 1.807) is 18.2 Å². The van der Waals surface area contributed by atoms with Crippen LogP contribution < -0.4 is 10.6 Å². The van der Waals surface area contributed by atoms with Crippen molar-refractivity contribution in [3.05, 3.63) is 77.4 Å². The Hall–Kier alpha value is -3.47. The first-order chi connectivity index (χ1) is 12.1. The second kappa shape index (κ2) is 5.87. The summed E-state index contributed by atoms with van der Waals surface area (Å²) in [6, 6.07) is 18.6. The highest BCUT2D eigenvalue weighted by molar-refractivity contribution is 6.24. The Morgan fingerprint density at radius 3 is 2.52 bits per heavy atom. The summed E-state index contributed by atoms with van der Waals surface area (Å²) in [4.78, 5) is 36.0. The number of hydrogen-bond donors (Lipinski definition) is 2. The van der Waals surface area contributed by atoms with E-state index in [9.17, 15) is 14.4 Å². The highest BCUT2D eigenvalue weighted by Crippen LogP contribution is 2.24. The molecule has 3 aromatic rings. The minimum atomic E-state index is -0.485. The van der Waals surface area contributed by atoms with Gasteiger partial charge in [-0.3, -0.25) is 19.7 Å². The third-order valence-corrected chi connectivity index (χ3v) is 4.22. The summed E-state index contributed by atoms with van der Waals surface area (Å²) in [5.41, 5.74) is 1.74. The Balaban J connectivity index is 1.57. The fourth-order valence-corrected chi connectivity index (χ4v) is 3.05. The van der Waals surface area contributed by atoms with Crippen LogP contribution in [0.5, 0.6) is 0 Å². The fourth-order valence-electron chi connectivity index (χ4n) is 3.05. The fraction of sp³-hybridized carbons (Fsp3) is 0.0500. The normalized spacial score (nSPS) is 12.8. The van der Waals surface area contributed by atoms with E-state index in [1.807, 2.05) is 42.5 Å². The Morgan fingerprint density at radius 1 is 0.880 bits per heavy atom. The Bertz CT molecular complexity index is 1040. The number of rotatable bonds is 3. The predicted molar refractivity (Wildman–Crippen MR) is 94.5 cm³/mol. The number of carbonyl (C=O) groups is 3. The maximum absolute atomic E-state index is 12.4. The van der Waals surface area contributed by atoms with E-state index in [2.05, 4.69) is 10.6 Å². The van der Waals surface area contributed by atoms with E-state index < -0.39 is 11.8 Å². The first-order valence-corrected chi connectivity index (χ1v) is 7.88. The third kappa shape index (κ3) is 2.76. The molecule has 4 rings (SSSR count). The molecule has 3 aromatic carbocycles. The van der Waals surface area contributed by atoms with Crippen LogP contribution in [0.25, 0.3) is 10.8 Å². The smallest absolute Gasteiger partial charge is 0.261 e. The number of imide groups is 1. The molecule has 0 saturated heterocycles. The summed E-state index contributed by atoms with van der Waals surface area (Å²) < 4.78 is 0. The number of fused-ring (bicyclic) bond motifs is 2. The molecule has 1 aliphatic rings. The topological polar surface area (TPSA) is 75.3 Å². The van der Waals surface area contributed by atoms with Gasteiger partial charge in [-0.25, -0.2) is 0 Å². The number of carbonyl (C=O) groups excluding carboxylic acids is 3. The summed E-state index contributed by atoms with van der Waals surface area (Å²) >= 11 is 0. The molecule has 5 nitrogen and oxygen atoms in total. The monoisotopic (exact) mass is 330 g/mol. The van der Waals surface area contributed by atoms with Crippen LogP contribution in [0.3, 0.4) is 0 Å². The van der Waals surface area contributed by atoms with Crippen LogP contribution in [0, 0.1) is 0 Å². The third-order valence-electron chi connectivity index (χ3n) is 4.22. The molecule has 0 aliphatic carbocycles. The van der Waals surface area contributed by atoms with Crippen LogP contribution in [0.2, 0.25) is 0 Å².